The Balaban J connectivity index is 0.966. The fourth-order valence-electron chi connectivity index (χ4n) is 8.26. The molecule has 1 atom stereocenters. The molecule has 57 heavy (non-hydrogen) atoms. The summed E-state index contributed by atoms with van der Waals surface area (Å²) in [6.45, 7) is 0. The predicted molar refractivity (Wildman–Crippen MR) is 237 cm³/mol. The number of rotatable bonds is 6. The third-order valence-corrected chi connectivity index (χ3v) is 11.1. The molecule has 0 amide bonds. The third kappa shape index (κ3) is 5.96. The van der Waals surface area contributed by atoms with Gasteiger partial charge in [-0.3, -0.25) is 0 Å². The lowest BCUT2D eigenvalue weighted by Gasteiger charge is -2.24. The molecule has 0 fully saturated rings. The fraction of sp³-hybridized carbons (Fsp3) is 0.0189. The van der Waals surface area contributed by atoms with Crippen LogP contribution in [0.15, 0.2) is 215 Å². The van der Waals surface area contributed by atoms with Crippen LogP contribution >= 0.6 is 0 Å². The van der Waals surface area contributed by atoms with E-state index < -0.39 is 0 Å². The van der Waals surface area contributed by atoms with E-state index in [9.17, 15) is 0 Å². The van der Waals surface area contributed by atoms with E-state index in [0.717, 1.165) is 72.3 Å². The van der Waals surface area contributed by atoms with Crippen LogP contribution in [0.4, 0.5) is 0 Å². The van der Waals surface area contributed by atoms with Crippen molar-refractivity contribution in [3.05, 3.63) is 217 Å². The number of nitrogens with one attached hydrogen (secondary N) is 1. The molecule has 0 saturated carbocycles. The van der Waals surface area contributed by atoms with Crippen LogP contribution in [0.1, 0.15) is 22.9 Å². The van der Waals surface area contributed by atoms with Crippen molar-refractivity contribution in [3.8, 4) is 33.4 Å². The molecule has 1 aliphatic rings. The zero-order chi connectivity index (χ0) is 37.7. The summed E-state index contributed by atoms with van der Waals surface area (Å²) in [5.74, 6) is 1.49. The number of aliphatic imine (C=N–C) groups is 2. The quantitative estimate of drug-likeness (QED) is 0.185. The van der Waals surface area contributed by atoms with Crippen molar-refractivity contribution in [2.75, 3.05) is 0 Å². The second-order valence-electron chi connectivity index (χ2n) is 14.6. The maximum absolute atomic E-state index is 6.54. The number of hydrogen-bond donors (Lipinski definition) is 1. The van der Waals surface area contributed by atoms with Gasteiger partial charge in [0.15, 0.2) is 5.84 Å². The standard InChI is InChI=1S/C53H35N3O/c1-2-11-34(12-3-1)40-17-8-18-42(31-40)52-54-51(55-53(56-52)43-28-23-35-13-4-5-15-39(35)32-43)38-26-24-37(25-27-38)46-21-10-22-48-50(46)47-30-29-41(33-49(47)57-48)45-20-9-16-36-14-6-7-19-44(36)45/h1-33,51H,(H,54,55,56). The van der Waals surface area contributed by atoms with Crippen LogP contribution < -0.4 is 5.32 Å². The van der Waals surface area contributed by atoms with E-state index >= 15 is 0 Å². The van der Waals surface area contributed by atoms with Gasteiger partial charge in [0.2, 0.25) is 0 Å². The molecule has 1 N–H and O–H groups in total. The third-order valence-electron chi connectivity index (χ3n) is 11.1. The highest BCUT2D eigenvalue weighted by Crippen LogP contribution is 2.40. The molecule has 4 nitrogen and oxygen atoms in total. The molecule has 0 spiro atoms. The smallest absolute Gasteiger partial charge is 0.159 e. The summed E-state index contributed by atoms with van der Waals surface area (Å²) < 4.78 is 6.54. The summed E-state index contributed by atoms with van der Waals surface area (Å²) in [4.78, 5) is 10.4. The Bertz CT molecular complexity index is 3210. The number of amidine groups is 2. The molecule has 4 heteroatoms. The van der Waals surface area contributed by atoms with E-state index in [0.29, 0.717) is 5.84 Å². The van der Waals surface area contributed by atoms with Crippen LogP contribution in [0.2, 0.25) is 0 Å². The van der Waals surface area contributed by atoms with Crippen LogP contribution in [0.3, 0.4) is 0 Å². The highest BCUT2D eigenvalue weighted by molar-refractivity contribution is 6.15. The first-order chi connectivity index (χ1) is 28.2. The average Bonchev–Trinajstić information content (AvgIpc) is 3.67. The van der Waals surface area contributed by atoms with Gasteiger partial charge in [0.05, 0.1) is 0 Å². The largest absolute Gasteiger partial charge is 0.456 e. The van der Waals surface area contributed by atoms with Gasteiger partial charge in [0, 0.05) is 21.9 Å². The highest BCUT2D eigenvalue weighted by Gasteiger charge is 2.22. The van der Waals surface area contributed by atoms with E-state index in [-0.39, 0.29) is 6.17 Å². The molecule has 0 saturated heterocycles. The van der Waals surface area contributed by atoms with E-state index in [2.05, 4.69) is 199 Å². The second kappa shape index (κ2) is 13.6. The van der Waals surface area contributed by atoms with Gasteiger partial charge in [-0.1, -0.05) is 170 Å². The molecule has 10 aromatic rings. The number of benzene rings is 9. The summed E-state index contributed by atoms with van der Waals surface area (Å²) in [6.07, 6.45) is -0.341. The van der Waals surface area contributed by atoms with Gasteiger partial charge in [-0.15, -0.1) is 0 Å². The number of furan rings is 1. The minimum atomic E-state index is -0.341. The molecular weight excluding hydrogens is 695 g/mol. The normalized spacial score (nSPS) is 14.1. The lowest BCUT2D eigenvalue weighted by molar-refractivity contribution is 0.669. The Kier molecular flexibility index (Phi) is 7.85. The van der Waals surface area contributed by atoms with Crippen LogP contribution in [0.25, 0.3) is 76.9 Å². The van der Waals surface area contributed by atoms with Crippen LogP contribution in [0, 0.1) is 0 Å². The average molecular weight is 730 g/mol. The molecule has 0 radical (unpaired) electrons. The zero-order valence-corrected chi connectivity index (χ0v) is 30.9. The van der Waals surface area contributed by atoms with Gasteiger partial charge in [0.25, 0.3) is 0 Å². The topological polar surface area (TPSA) is 49.9 Å². The van der Waals surface area contributed by atoms with Gasteiger partial charge in [0.1, 0.15) is 23.2 Å². The van der Waals surface area contributed by atoms with E-state index in [4.69, 9.17) is 14.4 Å². The van der Waals surface area contributed by atoms with Crippen molar-refractivity contribution in [1.29, 1.82) is 0 Å². The van der Waals surface area contributed by atoms with Crippen molar-refractivity contribution in [1.82, 2.24) is 5.32 Å². The Hall–Kier alpha value is -7.56. The minimum Gasteiger partial charge on any atom is -0.456 e. The molecule has 1 aromatic heterocycles. The Morgan fingerprint density at radius 1 is 0.404 bits per heavy atom. The van der Waals surface area contributed by atoms with Gasteiger partial charge in [-0.25, -0.2) is 9.98 Å². The molecule has 9 aromatic carbocycles. The fourth-order valence-corrected chi connectivity index (χ4v) is 8.26. The predicted octanol–water partition coefficient (Wildman–Crippen LogP) is 13.4. The number of hydrogen-bond acceptors (Lipinski definition) is 4. The summed E-state index contributed by atoms with van der Waals surface area (Å²) in [5, 5.41) is 10.7. The van der Waals surface area contributed by atoms with Crippen molar-refractivity contribution in [2.24, 2.45) is 9.98 Å². The first-order valence-corrected chi connectivity index (χ1v) is 19.3. The van der Waals surface area contributed by atoms with E-state index in [1.807, 2.05) is 6.07 Å². The monoisotopic (exact) mass is 729 g/mol. The van der Waals surface area contributed by atoms with Gasteiger partial charge >= 0.3 is 0 Å². The van der Waals surface area contributed by atoms with Crippen molar-refractivity contribution < 1.29 is 4.42 Å². The SMILES string of the molecule is c1ccc(-c2cccc(C3=NC(c4ccc(-c5cccc6oc7cc(-c8cccc9ccccc89)ccc7c56)cc4)NC(c4ccc5ccccc5c4)=N3)c2)cc1. The van der Waals surface area contributed by atoms with Crippen molar-refractivity contribution in [2.45, 2.75) is 6.17 Å². The Morgan fingerprint density at radius 3 is 1.98 bits per heavy atom. The molecule has 1 unspecified atom stereocenters. The molecule has 0 aliphatic carbocycles. The summed E-state index contributed by atoms with van der Waals surface area (Å²) in [6, 6.07) is 70.5. The molecule has 1 aliphatic heterocycles. The van der Waals surface area contributed by atoms with E-state index in [1.54, 1.807) is 0 Å². The van der Waals surface area contributed by atoms with Crippen molar-refractivity contribution >= 4 is 55.2 Å². The molecule has 0 bridgehead atoms. The Morgan fingerprint density at radius 2 is 1.09 bits per heavy atom. The van der Waals surface area contributed by atoms with E-state index in [1.165, 1.54) is 27.1 Å². The van der Waals surface area contributed by atoms with Crippen LogP contribution in [-0.4, -0.2) is 11.7 Å². The highest BCUT2D eigenvalue weighted by atomic mass is 16.3. The molecule has 268 valence electrons. The summed E-state index contributed by atoms with van der Waals surface area (Å²) in [5.41, 5.74) is 11.7. The lowest BCUT2D eigenvalue weighted by atomic mass is 9.95. The molecule has 11 rings (SSSR count). The van der Waals surface area contributed by atoms with Crippen LogP contribution in [-0.2, 0) is 0 Å². The maximum Gasteiger partial charge on any atom is 0.159 e. The zero-order valence-electron chi connectivity index (χ0n) is 30.9. The minimum absolute atomic E-state index is 0.341. The van der Waals surface area contributed by atoms with Crippen molar-refractivity contribution in [3.63, 3.8) is 0 Å². The first-order valence-electron chi connectivity index (χ1n) is 19.3. The van der Waals surface area contributed by atoms with Crippen LogP contribution in [0.5, 0.6) is 0 Å². The summed E-state index contributed by atoms with van der Waals surface area (Å²) in [7, 11) is 0. The number of nitrogens with zero attached hydrogens (tertiary/aromatic N) is 2. The second-order valence-corrected chi connectivity index (χ2v) is 14.6. The molecule has 2 heterocycles. The Labute approximate surface area is 330 Å². The van der Waals surface area contributed by atoms with Gasteiger partial charge in [-0.2, -0.15) is 0 Å². The lowest BCUT2D eigenvalue weighted by Crippen LogP contribution is -2.33. The van der Waals surface area contributed by atoms with Gasteiger partial charge in [-0.05, 0) is 90.8 Å². The summed E-state index contributed by atoms with van der Waals surface area (Å²) >= 11 is 0. The first kappa shape index (κ1) is 32.8. The molecular formula is C53H35N3O. The number of fused-ring (bicyclic) bond motifs is 5. The van der Waals surface area contributed by atoms with Gasteiger partial charge < -0.3 is 9.73 Å². The maximum atomic E-state index is 6.54.